The van der Waals surface area contributed by atoms with Crippen molar-refractivity contribution in [2.24, 2.45) is 5.92 Å². The smallest absolute Gasteiger partial charge is 0.00288 e. The lowest BCUT2D eigenvalue weighted by molar-refractivity contribution is 0.951. The van der Waals surface area contributed by atoms with E-state index in [1.54, 1.807) is 0 Å². The number of hydrogen-bond acceptors (Lipinski definition) is 0. The second-order valence-corrected chi connectivity index (χ2v) is 3.62. The van der Waals surface area contributed by atoms with Crippen molar-refractivity contribution in [1.82, 2.24) is 0 Å². The lowest BCUT2D eigenvalue weighted by Crippen LogP contribution is -1.85. The molecule has 0 heteroatoms. The Hall–Kier alpha value is -1.30. The minimum absolute atomic E-state index is 0.624. The molecule has 0 saturated carbocycles. The van der Waals surface area contributed by atoms with Crippen LogP contribution in [0.3, 0.4) is 0 Å². The van der Waals surface area contributed by atoms with Crippen molar-refractivity contribution in [1.29, 1.82) is 0 Å². The molecule has 0 aromatic heterocycles. The average molecular weight is 170 g/mol. The van der Waals surface area contributed by atoms with Crippen LogP contribution in [-0.2, 0) is 6.42 Å². The molecule has 0 spiro atoms. The highest BCUT2D eigenvalue weighted by molar-refractivity contribution is 5.33. The Morgan fingerprint density at radius 2 is 1.92 bits per heavy atom. The van der Waals surface area contributed by atoms with Crippen molar-refractivity contribution in [2.45, 2.75) is 13.3 Å². The molecule has 2 rings (SSSR count). The van der Waals surface area contributed by atoms with E-state index in [1.165, 1.54) is 11.1 Å². The van der Waals surface area contributed by atoms with Gasteiger partial charge >= 0.3 is 0 Å². The van der Waals surface area contributed by atoms with E-state index in [0.29, 0.717) is 5.92 Å². The fourth-order valence-electron chi connectivity index (χ4n) is 1.67. The van der Waals surface area contributed by atoms with Crippen molar-refractivity contribution in [3.63, 3.8) is 0 Å². The number of benzene rings is 1. The lowest BCUT2D eigenvalue weighted by Gasteiger charge is -1.99. The third-order valence-electron chi connectivity index (χ3n) is 2.34. The molecule has 1 aliphatic carbocycles. The fraction of sp³-hybridized carbons (Fsp3) is 0.231. The van der Waals surface area contributed by atoms with E-state index in [2.05, 4.69) is 55.5 Å². The highest BCUT2D eigenvalue weighted by Gasteiger charge is 2.04. The van der Waals surface area contributed by atoms with Crippen LogP contribution in [0.25, 0.3) is 0 Å². The van der Waals surface area contributed by atoms with Crippen LogP contribution in [0, 0.1) is 5.92 Å². The van der Waals surface area contributed by atoms with E-state index in [1.807, 2.05) is 0 Å². The predicted octanol–water partition coefficient (Wildman–Crippen LogP) is 3.36. The van der Waals surface area contributed by atoms with E-state index in [0.717, 1.165) is 6.42 Å². The van der Waals surface area contributed by atoms with Crippen LogP contribution in [0.5, 0.6) is 0 Å². The Kier molecular flexibility index (Phi) is 2.31. The monoisotopic (exact) mass is 170 g/mol. The molecular formula is C13H14. The molecule has 0 saturated heterocycles. The molecule has 0 fully saturated rings. The molecule has 0 amide bonds. The zero-order valence-corrected chi connectivity index (χ0v) is 7.90. The van der Waals surface area contributed by atoms with Gasteiger partial charge in [0.1, 0.15) is 0 Å². The van der Waals surface area contributed by atoms with Crippen molar-refractivity contribution >= 4 is 0 Å². The molecule has 1 atom stereocenters. The number of hydrogen-bond donors (Lipinski definition) is 0. The van der Waals surface area contributed by atoms with Gasteiger partial charge in [-0.25, -0.2) is 0 Å². The van der Waals surface area contributed by atoms with Gasteiger partial charge in [-0.15, -0.1) is 0 Å². The third-order valence-corrected chi connectivity index (χ3v) is 2.34. The van der Waals surface area contributed by atoms with E-state index in [-0.39, 0.29) is 0 Å². The summed E-state index contributed by atoms with van der Waals surface area (Å²) in [7, 11) is 0. The maximum atomic E-state index is 2.33. The summed E-state index contributed by atoms with van der Waals surface area (Å²) >= 11 is 0. The summed E-state index contributed by atoms with van der Waals surface area (Å²) in [5, 5.41) is 0. The van der Waals surface area contributed by atoms with Gasteiger partial charge < -0.3 is 0 Å². The molecule has 1 aromatic rings. The Morgan fingerprint density at radius 3 is 2.54 bits per heavy atom. The molecule has 0 nitrogen and oxygen atoms in total. The highest BCUT2D eigenvalue weighted by Crippen LogP contribution is 2.18. The van der Waals surface area contributed by atoms with Gasteiger partial charge in [0.05, 0.1) is 0 Å². The Bertz CT molecular complexity index is 330. The maximum Gasteiger partial charge on any atom is -0.00288 e. The molecule has 13 heavy (non-hydrogen) atoms. The second-order valence-electron chi connectivity index (χ2n) is 3.62. The molecule has 0 bridgehead atoms. The van der Waals surface area contributed by atoms with Crippen molar-refractivity contribution < 1.29 is 0 Å². The summed E-state index contributed by atoms with van der Waals surface area (Å²) in [5.41, 5.74) is 2.84. The SMILES string of the molecule is CC1C=CC(Cc2ccccc2)=C1. The third kappa shape index (κ3) is 2.09. The van der Waals surface area contributed by atoms with E-state index in [4.69, 9.17) is 0 Å². The first-order valence-electron chi connectivity index (χ1n) is 4.77. The van der Waals surface area contributed by atoms with Crippen LogP contribution in [-0.4, -0.2) is 0 Å². The Balaban J connectivity index is 2.08. The molecule has 1 aromatic carbocycles. The number of allylic oxidation sites excluding steroid dienone is 4. The van der Waals surface area contributed by atoms with Crippen molar-refractivity contribution in [3.05, 3.63) is 59.7 Å². The van der Waals surface area contributed by atoms with Crippen molar-refractivity contribution in [3.8, 4) is 0 Å². The fourth-order valence-corrected chi connectivity index (χ4v) is 1.67. The number of rotatable bonds is 2. The summed E-state index contributed by atoms with van der Waals surface area (Å²) in [6.45, 7) is 2.22. The van der Waals surface area contributed by atoms with Gasteiger partial charge in [0.2, 0.25) is 0 Å². The van der Waals surface area contributed by atoms with E-state index < -0.39 is 0 Å². The summed E-state index contributed by atoms with van der Waals surface area (Å²) in [6.07, 6.45) is 7.88. The van der Waals surface area contributed by atoms with Gasteiger partial charge in [0.15, 0.2) is 0 Å². The van der Waals surface area contributed by atoms with Gasteiger partial charge in [-0.2, -0.15) is 0 Å². The highest BCUT2D eigenvalue weighted by atomic mass is 14.1. The topological polar surface area (TPSA) is 0 Å². The van der Waals surface area contributed by atoms with E-state index >= 15 is 0 Å². The Labute approximate surface area is 79.6 Å². The van der Waals surface area contributed by atoms with Gasteiger partial charge in [-0.05, 0) is 23.5 Å². The zero-order chi connectivity index (χ0) is 9.10. The van der Waals surface area contributed by atoms with Crippen LogP contribution in [0.4, 0.5) is 0 Å². The van der Waals surface area contributed by atoms with Crippen LogP contribution in [0.2, 0.25) is 0 Å². The first kappa shape index (κ1) is 8.31. The van der Waals surface area contributed by atoms with Crippen LogP contribution in [0.1, 0.15) is 12.5 Å². The molecule has 1 unspecified atom stereocenters. The summed E-state index contributed by atoms with van der Waals surface area (Å²) in [4.78, 5) is 0. The Morgan fingerprint density at radius 1 is 1.15 bits per heavy atom. The van der Waals surface area contributed by atoms with Crippen LogP contribution < -0.4 is 0 Å². The second kappa shape index (κ2) is 3.61. The van der Waals surface area contributed by atoms with Gasteiger partial charge in [-0.3, -0.25) is 0 Å². The van der Waals surface area contributed by atoms with Crippen LogP contribution in [0.15, 0.2) is 54.1 Å². The normalized spacial score (nSPS) is 20.4. The van der Waals surface area contributed by atoms with Gasteiger partial charge in [-0.1, -0.05) is 55.5 Å². The minimum Gasteiger partial charge on any atom is -0.0776 e. The molecule has 66 valence electrons. The predicted molar refractivity (Wildman–Crippen MR) is 56.5 cm³/mol. The largest absolute Gasteiger partial charge is 0.0776 e. The summed E-state index contributed by atoms with van der Waals surface area (Å²) < 4.78 is 0. The quantitative estimate of drug-likeness (QED) is 0.638. The summed E-state index contributed by atoms with van der Waals surface area (Å²) in [5.74, 6) is 0.624. The first-order chi connectivity index (χ1) is 6.34. The average Bonchev–Trinajstić information content (AvgIpc) is 2.53. The first-order valence-corrected chi connectivity index (χ1v) is 4.77. The minimum atomic E-state index is 0.624. The zero-order valence-electron chi connectivity index (χ0n) is 7.90. The van der Waals surface area contributed by atoms with E-state index in [9.17, 15) is 0 Å². The van der Waals surface area contributed by atoms with Crippen LogP contribution >= 0.6 is 0 Å². The molecule has 0 N–H and O–H groups in total. The van der Waals surface area contributed by atoms with Crippen molar-refractivity contribution in [2.75, 3.05) is 0 Å². The molecule has 0 heterocycles. The molecule has 1 aliphatic rings. The lowest BCUT2D eigenvalue weighted by atomic mass is 10.1. The van der Waals surface area contributed by atoms with Gasteiger partial charge in [0.25, 0.3) is 0 Å². The molecule has 0 aliphatic heterocycles. The van der Waals surface area contributed by atoms with Gasteiger partial charge in [0, 0.05) is 0 Å². The molecule has 0 radical (unpaired) electrons. The molecular weight excluding hydrogens is 156 g/mol. The maximum absolute atomic E-state index is 2.33. The summed E-state index contributed by atoms with van der Waals surface area (Å²) in [6, 6.07) is 10.6. The standard InChI is InChI=1S/C13H14/c1-11-7-8-13(9-11)10-12-5-3-2-4-6-12/h2-9,11H,10H2,1H3.